The van der Waals surface area contributed by atoms with Crippen molar-refractivity contribution in [1.82, 2.24) is 0 Å². The Hall–Kier alpha value is -3.46. The number of carbonyl (C=O) groups excluding carboxylic acids is 1. The standard InChI is InChI=1S/C25H20Cl2N2O3/c1-2-31-21-5-3-4-20(13-21)29-25(30)19(15-28)12-17-6-8-18(9-7-17)16-32-22-10-11-23(26)24(27)14-22/h3-14H,2,16H2,1H3,(H,29,30)/b19-12+. The van der Waals surface area contributed by atoms with Crippen LogP contribution < -0.4 is 14.8 Å². The molecule has 0 atom stereocenters. The molecule has 0 saturated heterocycles. The van der Waals surface area contributed by atoms with Crippen LogP contribution in [0.4, 0.5) is 5.69 Å². The van der Waals surface area contributed by atoms with E-state index in [-0.39, 0.29) is 5.57 Å². The Morgan fingerprint density at radius 3 is 2.44 bits per heavy atom. The number of hydrogen-bond donors (Lipinski definition) is 1. The number of nitrogens with one attached hydrogen (secondary N) is 1. The lowest BCUT2D eigenvalue weighted by Crippen LogP contribution is -2.13. The number of ether oxygens (including phenoxy) is 2. The minimum Gasteiger partial charge on any atom is -0.494 e. The monoisotopic (exact) mass is 466 g/mol. The minimum absolute atomic E-state index is 0.00776. The van der Waals surface area contributed by atoms with Crippen molar-refractivity contribution in [3.8, 4) is 17.6 Å². The molecule has 7 heteroatoms. The Bertz CT molecular complexity index is 1170. The van der Waals surface area contributed by atoms with Crippen molar-refractivity contribution < 1.29 is 14.3 Å². The van der Waals surface area contributed by atoms with E-state index >= 15 is 0 Å². The first kappa shape index (κ1) is 23.2. The lowest BCUT2D eigenvalue weighted by molar-refractivity contribution is -0.112. The third kappa shape index (κ3) is 6.52. The highest BCUT2D eigenvalue weighted by molar-refractivity contribution is 6.42. The van der Waals surface area contributed by atoms with Crippen LogP contribution in [0, 0.1) is 11.3 Å². The van der Waals surface area contributed by atoms with Gasteiger partial charge in [0.15, 0.2) is 0 Å². The molecule has 162 valence electrons. The molecular weight excluding hydrogens is 447 g/mol. The van der Waals surface area contributed by atoms with Crippen LogP contribution in [0.2, 0.25) is 10.0 Å². The number of nitrogens with zero attached hydrogens (tertiary/aromatic N) is 1. The maximum absolute atomic E-state index is 12.5. The number of benzene rings is 3. The van der Waals surface area contributed by atoms with E-state index in [0.717, 1.165) is 11.1 Å². The van der Waals surface area contributed by atoms with Crippen LogP contribution in [0.3, 0.4) is 0 Å². The Morgan fingerprint density at radius 2 is 1.75 bits per heavy atom. The average molecular weight is 467 g/mol. The highest BCUT2D eigenvalue weighted by Gasteiger charge is 2.10. The molecule has 0 aliphatic rings. The van der Waals surface area contributed by atoms with Crippen LogP contribution >= 0.6 is 23.2 Å². The molecule has 0 fully saturated rings. The van der Waals surface area contributed by atoms with Gasteiger partial charge >= 0.3 is 0 Å². The molecule has 3 aromatic carbocycles. The van der Waals surface area contributed by atoms with Gasteiger partial charge in [-0.2, -0.15) is 5.26 Å². The van der Waals surface area contributed by atoms with Gasteiger partial charge in [-0.3, -0.25) is 4.79 Å². The second-order valence-electron chi connectivity index (χ2n) is 6.69. The van der Waals surface area contributed by atoms with Crippen LogP contribution in [0.1, 0.15) is 18.1 Å². The van der Waals surface area contributed by atoms with E-state index in [1.54, 1.807) is 42.5 Å². The number of carbonyl (C=O) groups is 1. The molecule has 1 amide bonds. The minimum atomic E-state index is -0.492. The Morgan fingerprint density at radius 1 is 1.00 bits per heavy atom. The van der Waals surface area contributed by atoms with Gasteiger partial charge in [0.25, 0.3) is 5.91 Å². The van der Waals surface area contributed by atoms with Crippen molar-refractivity contribution in [2.45, 2.75) is 13.5 Å². The fourth-order valence-electron chi connectivity index (χ4n) is 2.79. The molecule has 0 heterocycles. The van der Waals surface area contributed by atoms with Gasteiger partial charge in [-0.1, -0.05) is 53.5 Å². The Balaban J connectivity index is 1.64. The summed E-state index contributed by atoms with van der Waals surface area (Å²) >= 11 is 11.9. The van der Waals surface area contributed by atoms with Crippen molar-refractivity contribution >= 4 is 40.9 Å². The molecule has 0 aliphatic carbocycles. The van der Waals surface area contributed by atoms with Crippen LogP contribution in [0.5, 0.6) is 11.5 Å². The second kappa shape index (κ2) is 11.2. The first-order chi connectivity index (χ1) is 15.5. The predicted molar refractivity (Wildman–Crippen MR) is 127 cm³/mol. The van der Waals surface area contributed by atoms with E-state index in [2.05, 4.69) is 5.32 Å². The summed E-state index contributed by atoms with van der Waals surface area (Å²) in [7, 11) is 0. The second-order valence-corrected chi connectivity index (χ2v) is 7.51. The zero-order valence-electron chi connectivity index (χ0n) is 17.3. The summed E-state index contributed by atoms with van der Waals surface area (Å²) in [6.07, 6.45) is 1.53. The molecular formula is C25H20Cl2N2O3. The molecule has 0 unspecified atom stereocenters. The van der Waals surface area contributed by atoms with Crippen LogP contribution in [0.15, 0.2) is 72.3 Å². The third-order valence-corrected chi connectivity index (χ3v) is 5.09. The lowest BCUT2D eigenvalue weighted by atomic mass is 10.1. The van der Waals surface area contributed by atoms with Crippen molar-refractivity contribution in [2.24, 2.45) is 0 Å². The summed E-state index contributed by atoms with van der Waals surface area (Å²) in [6.45, 7) is 2.74. The highest BCUT2D eigenvalue weighted by atomic mass is 35.5. The lowest BCUT2D eigenvalue weighted by Gasteiger charge is -2.08. The molecule has 32 heavy (non-hydrogen) atoms. The fraction of sp³-hybridized carbons (Fsp3) is 0.120. The van der Waals surface area contributed by atoms with Gasteiger partial charge in [-0.15, -0.1) is 0 Å². The molecule has 0 spiro atoms. The van der Waals surface area contributed by atoms with Gasteiger partial charge in [0.05, 0.1) is 16.7 Å². The highest BCUT2D eigenvalue weighted by Crippen LogP contribution is 2.27. The smallest absolute Gasteiger partial charge is 0.266 e. The van der Waals surface area contributed by atoms with Gasteiger partial charge in [-0.25, -0.2) is 0 Å². The molecule has 0 radical (unpaired) electrons. The molecule has 3 rings (SSSR count). The van der Waals surface area contributed by atoms with E-state index in [1.807, 2.05) is 37.3 Å². The van der Waals surface area contributed by atoms with Crippen molar-refractivity contribution in [2.75, 3.05) is 11.9 Å². The van der Waals surface area contributed by atoms with Crippen molar-refractivity contribution in [3.63, 3.8) is 0 Å². The first-order valence-electron chi connectivity index (χ1n) is 9.81. The van der Waals surface area contributed by atoms with Gasteiger partial charge in [-0.05, 0) is 48.4 Å². The molecule has 1 N–H and O–H groups in total. The topological polar surface area (TPSA) is 71.3 Å². The van der Waals surface area contributed by atoms with Gasteiger partial charge < -0.3 is 14.8 Å². The molecule has 0 aliphatic heterocycles. The molecule has 0 saturated carbocycles. The quantitative estimate of drug-likeness (QED) is 0.303. The summed E-state index contributed by atoms with van der Waals surface area (Å²) in [4.78, 5) is 12.5. The van der Waals surface area contributed by atoms with Gasteiger partial charge in [0, 0.05) is 17.8 Å². The largest absolute Gasteiger partial charge is 0.494 e. The molecule has 3 aromatic rings. The van der Waals surface area contributed by atoms with E-state index < -0.39 is 5.91 Å². The first-order valence-corrected chi connectivity index (χ1v) is 10.6. The number of rotatable bonds is 8. The number of anilines is 1. The SMILES string of the molecule is CCOc1cccc(NC(=O)/C(C#N)=C/c2ccc(COc3ccc(Cl)c(Cl)c3)cc2)c1. The maximum Gasteiger partial charge on any atom is 0.266 e. The summed E-state index contributed by atoms with van der Waals surface area (Å²) < 4.78 is 11.1. The summed E-state index contributed by atoms with van der Waals surface area (Å²) in [5, 5.41) is 13.1. The van der Waals surface area contributed by atoms with Gasteiger partial charge in [0.2, 0.25) is 0 Å². The summed E-state index contributed by atoms with van der Waals surface area (Å²) in [6, 6.07) is 21.4. The number of amides is 1. The molecule has 0 aromatic heterocycles. The fourth-order valence-corrected chi connectivity index (χ4v) is 3.08. The summed E-state index contributed by atoms with van der Waals surface area (Å²) in [5.74, 6) is 0.764. The normalized spacial score (nSPS) is 10.9. The predicted octanol–water partition coefficient (Wildman–Crippen LogP) is 6.52. The number of nitriles is 1. The third-order valence-electron chi connectivity index (χ3n) is 4.36. The summed E-state index contributed by atoms with van der Waals surface area (Å²) in [5.41, 5.74) is 2.19. The average Bonchev–Trinajstić information content (AvgIpc) is 2.79. The van der Waals surface area contributed by atoms with E-state index in [4.69, 9.17) is 32.7 Å². The molecule has 5 nitrogen and oxygen atoms in total. The van der Waals surface area contributed by atoms with E-state index in [1.165, 1.54) is 6.08 Å². The van der Waals surface area contributed by atoms with Crippen LogP contribution in [-0.4, -0.2) is 12.5 Å². The van der Waals surface area contributed by atoms with Gasteiger partial charge in [0.1, 0.15) is 29.7 Å². The Kier molecular flexibility index (Phi) is 8.15. The number of hydrogen-bond acceptors (Lipinski definition) is 4. The molecule has 0 bridgehead atoms. The van der Waals surface area contributed by atoms with E-state index in [9.17, 15) is 10.1 Å². The Labute approximate surface area is 196 Å². The number of halogens is 2. The maximum atomic E-state index is 12.5. The van der Waals surface area contributed by atoms with Crippen LogP contribution in [0.25, 0.3) is 6.08 Å². The van der Waals surface area contributed by atoms with E-state index in [0.29, 0.717) is 40.4 Å². The zero-order valence-corrected chi connectivity index (χ0v) is 18.8. The van der Waals surface area contributed by atoms with Crippen LogP contribution in [-0.2, 0) is 11.4 Å². The van der Waals surface area contributed by atoms with Crippen molar-refractivity contribution in [3.05, 3.63) is 93.5 Å². The van der Waals surface area contributed by atoms with Crippen molar-refractivity contribution in [1.29, 1.82) is 5.26 Å². The zero-order chi connectivity index (χ0) is 22.9.